The zero-order valence-electron chi connectivity index (χ0n) is 11.9. The van der Waals surface area contributed by atoms with Gasteiger partial charge in [-0.1, -0.05) is 0 Å². The fourth-order valence-electron chi connectivity index (χ4n) is 2.13. The number of halogens is 3. The number of aromatic hydroxyl groups is 2. The van der Waals surface area contributed by atoms with E-state index in [0.29, 0.717) is 10.9 Å². The van der Waals surface area contributed by atoms with Crippen LogP contribution >= 0.6 is 11.3 Å². The zero-order valence-corrected chi connectivity index (χ0v) is 12.7. The zero-order chi connectivity index (χ0) is 17.4. The molecule has 0 saturated heterocycles. The van der Waals surface area contributed by atoms with E-state index in [1.165, 1.54) is 18.2 Å². The van der Waals surface area contributed by atoms with Crippen molar-refractivity contribution in [2.24, 2.45) is 0 Å². The van der Waals surface area contributed by atoms with E-state index in [4.69, 9.17) is 0 Å². The smallest absolute Gasteiger partial charge is 0.206 e. The largest absolute Gasteiger partial charge is 0.508 e. The summed E-state index contributed by atoms with van der Waals surface area (Å²) in [4.78, 5) is 13.1. The minimum Gasteiger partial charge on any atom is -0.508 e. The Bertz CT molecular complexity index is 933. The molecule has 0 aliphatic heterocycles. The van der Waals surface area contributed by atoms with Crippen LogP contribution in [0.25, 0.3) is 10.4 Å². The van der Waals surface area contributed by atoms with Crippen LogP contribution in [0.2, 0.25) is 0 Å². The van der Waals surface area contributed by atoms with Gasteiger partial charge in [0.05, 0.1) is 10.4 Å². The van der Waals surface area contributed by atoms with Crippen LogP contribution in [0.5, 0.6) is 11.5 Å². The van der Waals surface area contributed by atoms with Gasteiger partial charge in [0.2, 0.25) is 11.6 Å². The van der Waals surface area contributed by atoms with Crippen molar-refractivity contribution in [1.82, 2.24) is 0 Å². The summed E-state index contributed by atoms with van der Waals surface area (Å²) in [5, 5.41) is 18.5. The van der Waals surface area contributed by atoms with Gasteiger partial charge in [0.15, 0.2) is 17.4 Å². The highest BCUT2D eigenvalue weighted by Gasteiger charge is 2.24. The van der Waals surface area contributed by atoms with Crippen molar-refractivity contribution in [2.75, 3.05) is 0 Å². The van der Waals surface area contributed by atoms with E-state index in [0.717, 1.165) is 16.9 Å². The first-order valence-corrected chi connectivity index (χ1v) is 7.50. The fourth-order valence-corrected chi connectivity index (χ4v) is 3.09. The second-order valence-electron chi connectivity index (χ2n) is 4.92. The molecule has 0 aliphatic carbocycles. The molecule has 3 rings (SSSR count). The predicted octanol–water partition coefficient (Wildman–Crippen LogP) is 4.47. The molecule has 0 fully saturated rings. The molecule has 0 aliphatic rings. The standard InChI is InChI=1S/C17H9F3O3S/c18-11-7-10(14(19)17(23)15(11)20)16(22)13-6-5-12(24-13)8-1-3-9(21)4-2-8/h1-7,21,23H. The third-order valence-corrected chi connectivity index (χ3v) is 4.49. The average Bonchev–Trinajstić information content (AvgIpc) is 3.06. The van der Waals surface area contributed by atoms with Crippen LogP contribution in [0, 0.1) is 17.5 Å². The van der Waals surface area contributed by atoms with Gasteiger partial charge in [0.1, 0.15) is 5.75 Å². The molecule has 3 nitrogen and oxygen atoms in total. The van der Waals surface area contributed by atoms with Crippen LogP contribution in [0.4, 0.5) is 13.2 Å². The lowest BCUT2D eigenvalue weighted by molar-refractivity contribution is 0.103. The Labute approximate surface area is 138 Å². The van der Waals surface area contributed by atoms with Crippen molar-refractivity contribution >= 4 is 17.1 Å². The van der Waals surface area contributed by atoms with Crippen molar-refractivity contribution in [3.05, 3.63) is 70.4 Å². The Hall–Kier alpha value is -2.80. The Morgan fingerprint density at radius 3 is 2.25 bits per heavy atom. The lowest BCUT2D eigenvalue weighted by Gasteiger charge is -2.04. The third-order valence-electron chi connectivity index (χ3n) is 3.36. The molecule has 0 atom stereocenters. The van der Waals surface area contributed by atoms with E-state index in [9.17, 15) is 28.2 Å². The molecule has 0 spiro atoms. The lowest BCUT2D eigenvalue weighted by Crippen LogP contribution is -2.05. The molecular formula is C17H9F3O3S. The fraction of sp³-hybridized carbons (Fsp3) is 0. The van der Waals surface area contributed by atoms with Crippen LogP contribution in [0.3, 0.4) is 0 Å². The lowest BCUT2D eigenvalue weighted by atomic mass is 10.1. The van der Waals surface area contributed by atoms with Crippen LogP contribution in [0.1, 0.15) is 15.2 Å². The van der Waals surface area contributed by atoms with Gasteiger partial charge in [-0.05, 0) is 48.0 Å². The number of thiophene rings is 1. The van der Waals surface area contributed by atoms with E-state index in [1.807, 2.05) is 0 Å². The van der Waals surface area contributed by atoms with E-state index >= 15 is 0 Å². The summed E-state index contributed by atoms with van der Waals surface area (Å²) in [6.07, 6.45) is 0. The average molecular weight is 350 g/mol. The monoisotopic (exact) mass is 350 g/mol. The summed E-state index contributed by atoms with van der Waals surface area (Å²) < 4.78 is 40.3. The summed E-state index contributed by atoms with van der Waals surface area (Å²) >= 11 is 1.02. The first kappa shape index (κ1) is 16.1. The van der Waals surface area contributed by atoms with Crippen molar-refractivity contribution in [1.29, 1.82) is 0 Å². The number of hydrogen-bond acceptors (Lipinski definition) is 4. The Morgan fingerprint density at radius 2 is 1.58 bits per heavy atom. The second-order valence-corrected chi connectivity index (χ2v) is 6.01. The Morgan fingerprint density at radius 1 is 0.917 bits per heavy atom. The molecule has 0 radical (unpaired) electrons. The number of hydrogen-bond donors (Lipinski definition) is 2. The van der Waals surface area contributed by atoms with Crippen molar-refractivity contribution in [3.8, 4) is 21.9 Å². The molecular weight excluding hydrogens is 341 g/mol. The number of phenolic OH excluding ortho intramolecular Hbond substituents is 2. The minimum atomic E-state index is -1.74. The van der Waals surface area contributed by atoms with Gasteiger partial charge < -0.3 is 10.2 Å². The highest BCUT2D eigenvalue weighted by atomic mass is 32.1. The van der Waals surface area contributed by atoms with E-state index in [1.54, 1.807) is 18.2 Å². The van der Waals surface area contributed by atoms with Crippen molar-refractivity contribution in [3.63, 3.8) is 0 Å². The third kappa shape index (κ3) is 2.74. The van der Waals surface area contributed by atoms with Gasteiger partial charge in [0, 0.05) is 4.88 Å². The van der Waals surface area contributed by atoms with Crippen molar-refractivity contribution in [2.45, 2.75) is 0 Å². The summed E-state index contributed by atoms with van der Waals surface area (Å²) in [6.45, 7) is 0. The van der Waals surface area contributed by atoms with E-state index < -0.39 is 34.5 Å². The first-order chi connectivity index (χ1) is 11.4. The maximum Gasteiger partial charge on any atom is 0.206 e. The number of phenols is 2. The SMILES string of the molecule is O=C(c1ccc(-c2ccc(O)cc2)s1)c1cc(F)c(F)c(O)c1F. The number of carbonyl (C=O) groups is 1. The predicted molar refractivity (Wildman–Crippen MR) is 82.8 cm³/mol. The van der Waals surface area contributed by atoms with Crippen LogP contribution in [-0.4, -0.2) is 16.0 Å². The molecule has 0 amide bonds. The number of benzene rings is 2. The van der Waals surface area contributed by atoms with Gasteiger partial charge in [-0.15, -0.1) is 11.3 Å². The van der Waals surface area contributed by atoms with Gasteiger partial charge in [0.25, 0.3) is 0 Å². The minimum absolute atomic E-state index is 0.0888. The van der Waals surface area contributed by atoms with Crippen LogP contribution in [-0.2, 0) is 0 Å². The van der Waals surface area contributed by atoms with Crippen molar-refractivity contribution < 1.29 is 28.2 Å². The van der Waals surface area contributed by atoms with Gasteiger partial charge in [-0.3, -0.25) is 4.79 Å². The highest BCUT2D eigenvalue weighted by Crippen LogP contribution is 2.32. The summed E-state index contributed by atoms with van der Waals surface area (Å²) in [7, 11) is 0. The van der Waals surface area contributed by atoms with Gasteiger partial charge >= 0.3 is 0 Å². The molecule has 7 heteroatoms. The first-order valence-electron chi connectivity index (χ1n) is 6.69. The molecule has 2 N–H and O–H groups in total. The molecule has 122 valence electrons. The van der Waals surface area contributed by atoms with Crippen LogP contribution in [0.15, 0.2) is 42.5 Å². The quantitative estimate of drug-likeness (QED) is 0.541. The topological polar surface area (TPSA) is 57.5 Å². The normalized spacial score (nSPS) is 10.8. The molecule has 0 bridgehead atoms. The molecule has 1 heterocycles. The Balaban J connectivity index is 1.99. The molecule has 3 aromatic rings. The summed E-state index contributed by atoms with van der Waals surface area (Å²) in [5.41, 5.74) is -0.0176. The van der Waals surface area contributed by atoms with E-state index in [2.05, 4.69) is 0 Å². The summed E-state index contributed by atoms with van der Waals surface area (Å²) in [6, 6.07) is 9.69. The van der Waals surface area contributed by atoms with Gasteiger partial charge in [-0.2, -0.15) is 4.39 Å². The maximum atomic E-state index is 13.9. The maximum absolute atomic E-state index is 13.9. The number of ketones is 1. The van der Waals surface area contributed by atoms with E-state index in [-0.39, 0.29) is 10.6 Å². The Kier molecular flexibility index (Phi) is 4.02. The molecule has 2 aromatic carbocycles. The highest BCUT2D eigenvalue weighted by molar-refractivity contribution is 7.17. The molecule has 24 heavy (non-hydrogen) atoms. The van der Waals surface area contributed by atoms with Crippen LogP contribution < -0.4 is 0 Å². The van der Waals surface area contributed by atoms with Gasteiger partial charge in [-0.25, -0.2) is 8.78 Å². The summed E-state index contributed by atoms with van der Waals surface area (Å²) in [5.74, 6) is -7.04. The number of rotatable bonds is 3. The molecule has 1 aromatic heterocycles. The number of carbonyl (C=O) groups excluding carboxylic acids is 1. The second kappa shape index (κ2) is 6.01. The molecule has 0 unspecified atom stereocenters. The molecule has 0 saturated carbocycles.